The maximum absolute atomic E-state index is 9.68. The highest BCUT2D eigenvalue weighted by Crippen LogP contribution is 2.27. The number of ether oxygens (including phenoxy) is 2. The van der Waals surface area contributed by atoms with Crippen LogP contribution in [0.1, 0.15) is 24.2 Å². The third-order valence-corrected chi connectivity index (χ3v) is 2.67. The van der Waals surface area contributed by atoms with Crippen molar-refractivity contribution in [2.24, 2.45) is 0 Å². The van der Waals surface area contributed by atoms with Crippen LogP contribution in [-0.4, -0.2) is 17.2 Å². The van der Waals surface area contributed by atoms with Crippen molar-refractivity contribution in [1.82, 2.24) is 4.98 Å². The lowest BCUT2D eigenvalue weighted by Crippen LogP contribution is -1.98. The zero-order chi connectivity index (χ0) is 13.7. The highest BCUT2D eigenvalue weighted by molar-refractivity contribution is 5.35. The second kappa shape index (κ2) is 6.31. The molecule has 1 unspecified atom stereocenters. The molecule has 1 heterocycles. The molecule has 0 spiro atoms. The Balaban J connectivity index is 2.23. The van der Waals surface area contributed by atoms with Crippen LogP contribution in [0.2, 0.25) is 0 Å². The van der Waals surface area contributed by atoms with Gasteiger partial charge in [-0.25, -0.2) is 4.98 Å². The topological polar surface area (TPSA) is 51.6 Å². The molecule has 1 N–H and O–H groups in total. The molecule has 0 radical (unpaired) electrons. The van der Waals surface area contributed by atoms with E-state index in [0.717, 1.165) is 5.56 Å². The van der Waals surface area contributed by atoms with E-state index in [2.05, 4.69) is 4.98 Å². The number of benzene rings is 1. The number of methoxy groups -OCH3 is 1. The van der Waals surface area contributed by atoms with E-state index in [4.69, 9.17) is 9.47 Å². The molecule has 4 nitrogen and oxygen atoms in total. The first-order valence-corrected chi connectivity index (χ1v) is 6.09. The van der Waals surface area contributed by atoms with Crippen molar-refractivity contribution < 1.29 is 14.6 Å². The van der Waals surface area contributed by atoms with E-state index < -0.39 is 6.10 Å². The van der Waals surface area contributed by atoms with Gasteiger partial charge in [0.15, 0.2) is 0 Å². The molecule has 0 aliphatic carbocycles. The first-order chi connectivity index (χ1) is 9.20. The van der Waals surface area contributed by atoms with Gasteiger partial charge in [0, 0.05) is 18.9 Å². The molecule has 2 aromatic rings. The molecule has 0 aliphatic rings. The Morgan fingerprint density at radius 3 is 2.84 bits per heavy atom. The summed E-state index contributed by atoms with van der Waals surface area (Å²) in [5.41, 5.74) is 1.69. The third-order valence-electron chi connectivity index (χ3n) is 2.67. The van der Waals surface area contributed by atoms with Crippen molar-refractivity contribution in [3.8, 4) is 11.6 Å². The summed E-state index contributed by atoms with van der Waals surface area (Å²) >= 11 is 0. The molecule has 0 amide bonds. The number of aromatic nitrogens is 1. The van der Waals surface area contributed by atoms with Gasteiger partial charge in [-0.2, -0.15) is 0 Å². The zero-order valence-corrected chi connectivity index (χ0v) is 11.0. The second-order valence-electron chi connectivity index (χ2n) is 4.26. The van der Waals surface area contributed by atoms with Gasteiger partial charge in [-0.15, -0.1) is 0 Å². The minimum atomic E-state index is -0.620. The summed E-state index contributed by atoms with van der Waals surface area (Å²) in [6.45, 7) is 2.22. The smallest absolute Gasteiger partial charge is 0.225 e. The van der Waals surface area contributed by atoms with E-state index in [9.17, 15) is 5.11 Å². The lowest BCUT2D eigenvalue weighted by molar-refractivity contribution is 0.184. The molecule has 0 saturated carbocycles. The standard InChI is InChI=1S/C15H17NO3/c1-11(17)14-7-4-8-16-15(14)19-13-6-3-5-12(9-13)10-18-2/h3-9,11,17H,10H2,1-2H3. The summed E-state index contributed by atoms with van der Waals surface area (Å²) in [5.74, 6) is 1.10. The van der Waals surface area contributed by atoms with E-state index in [1.807, 2.05) is 24.3 Å². The monoisotopic (exact) mass is 259 g/mol. The van der Waals surface area contributed by atoms with Gasteiger partial charge in [0.05, 0.1) is 12.7 Å². The molecule has 0 aliphatic heterocycles. The predicted octanol–water partition coefficient (Wildman–Crippen LogP) is 3.07. The van der Waals surface area contributed by atoms with Crippen LogP contribution in [0.4, 0.5) is 0 Å². The summed E-state index contributed by atoms with van der Waals surface area (Å²) in [6.07, 6.45) is 1.02. The Labute approximate surface area is 112 Å². The Bertz CT molecular complexity index is 540. The highest BCUT2D eigenvalue weighted by Gasteiger charge is 2.10. The van der Waals surface area contributed by atoms with Crippen molar-refractivity contribution in [2.45, 2.75) is 19.6 Å². The van der Waals surface area contributed by atoms with Crippen LogP contribution in [0, 0.1) is 0 Å². The Morgan fingerprint density at radius 1 is 1.26 bits per heavy atom. The number of pyridine rings is 1. The molecular formula is C15H17NO3. The fourth-order valence-electron chi connectivity index (χ4n) is 1.78. The van der Waals surface area contributed by atoms with Crippen LogP contribution in [0.15, 0.2) is 42.6 Å². The Morgan fingerprint density at radius 2 is 2.11 bits per heavy atom. The fourth-order valence-corrected chi connectivity index (χ4v) is 1.78. The Hall–Kier alpha value is -1.91. The molecular weight excluding hydrogens is 242 g/mol. The average Bonchev–Trinajstić information content (AvgIpc) is 2.40. The molecule has 2 rings (SSSR count). The Kier molecular flexibility index (Phi) is 4.49. The lowest BCUT2D eigenvalue weighted by Gasteiger charge is -2.12. The second-order valence-corrected chi connectivity index (χ2v) is 4.26. The van der Waals surface area contributed by atoms with Crippen molar-refractivity contribution in [3.63, 3.8) is 0 Å². The quantitative estimate of drug-likeness (QED) is 0.896. The van der Waals surface area contributed by atoms with Gasteiger partial charge in [-0.3, -0.25) is 0 Å². The van der Waals surface area contributed by atoms with E-state index in [-0.39, 0.29) is 0 Å². The predicted molar refractivity (Wildman–Crippen MR) is 72.1 cm³/mol. The van der Waals surface area contributed by atoms with Gasteiger partial charge < -0.3 is 14.6 Å². The number of hydrogen-bond acceptors (Lipinski definition) is 4. The largest absolute Gasteiger partial charge is 0.439 e. The normalized spacial score (nSPS) is 12.2. The van der Waals surface area contributed by atoms with E-state index in [0.29, 0.717) is 23.8 Å². The first kappa shape index (κ1) is 13.5. The van der Waals surface area contributed by atoms with Gasteiger partial charge in [-0.1, -0.05) is 12.1 Å². The average molecular weight is 259 g/mol. The summed E-state index contributed by atoms with van der Waals surface area (Å²) in [5, 5.41) is 9.68. The minimum absolute atomic E-state index is 0.423. The van der Waals surface area contributed by atoms with Crippen molar-refractivity contribution in [2.75, 3.05) is 7.11 Å². The first-order valence-electron chi connectivity index (χ1n) is 6.09. The summed E-state index contributed by atoms with van der Waals surface area (Å²) in [7, 11) is 1.65. The van der Waals surface area contributed by atoms with Gasteiger partial charge in [-0.05, 0) is 36.8 Å². The lowest BCUT2D eigenvalue weighted by atomic mass is 10.2. The molecule has 100 valence electrons. The maximum atomic E-state index is 9.68. The summed E-state index contributed by atoms with van der Waals surface area (Å²) < 4.78 is 10.8. The van der Waals surface area contributed by atoms with E-state index in [1.165, 1.54) is 0 Å². The minimum Gasteiger partial charge on any atom is -0.439 e. The fraction of sp³-hybridized carbons (Fsp3) is 0.267. The van der Waals surface area contributed by atoms with Crippen LogP contribution < -0.4 is 4.74 Å². The van der Waals surface area contributed by atoms with E-state index in [1.54, 1.807) is 32.4 Å². The number of aliphatic hydroxyl groups is 1. The van der Waals surface area contributed by atoms with Crippen molar-refractivity contribution >= 4 is 0 Å². The highest BCUT2D eigenvalue weighted by atomic mass is 16.5. The van der Waals surface area contributed by atoms with Crippen LogP contribution in [0.3, 0.4) is 0 Å². The van der Waals surface area contributed by atoms with Crippen LogP contribution in [0.25, 0.3) is 0 Å². The number of hydrogen-bond donors (Lipinski definition) is 1. The number of rotatable bonds is 5. The molecule has 1 atom stereocenters. The maximum Gasteiger partial charge on any atom is 0.225 e. The van der Waals surface area contributed by atoms with Gasteiger partial charge in [0.2, 0.25) is 5.88 Å². The van der Waals surface area contributed by atoms with Gasteiger partial charge in [0.1, 0.15) is 5.75 Å². The molecule has 19 heavy (non-hydrogen) atoms. The van der Waals surface area contributed by atoms with Crippen molar-refractivity contribution in [1.29, 1.82) is 0 Å². The number of nitrogens with zero attached hydrogens (tertiary/aromatic N) is 1. The molecule has 0 fully saturated rings. The third kappa shape index (κ3) is 3.53. The summed E-state index contributed by atoms with van der Waals surface area (Å²) in [6, 6.07) is 11.2. The van der Waals surface area contributed by atoms with E-state index >= 15 is 0 Å². The van der Waals surface area contributed by atoms with Crippen molar-refractivity contribution in [3.05, 3.63) is 53.7 Å². The molecule has 0 saturated heterocycles. The molecule has 1 aromatic carbocycles. The summed E-state index contributed by atoms with van der Waals surface area (Å²) in [4.78, 5) is 4.16. The molecule has 4 heteroatoms. The van der Waals surface area contributed by atoms with Gasteiger partial charge in [0.25, 0.3) is 0 Å². The SMILES string of the molecule is COCc1cccc(Oc2ncccc2C(C)O)c1. The van der Waals surface area contributed by atoms with Crippen LogP contribution in [-0.2, 0) is 11.3 Å². The molecule has 0 bridgehead atoms. The zero-order valence-electron chi connectivity index (χ0n) is 11.0. The number of aliphatic hydroxyl groups excluding tert-OH is 1. The van der Waals surface area contributed by atoms with Gasteiger partial charge >= 0.3 is 0 Å². The van der Waals surface area contributed by atoms with Crippen LogP contribution in [0.5, 0.6) is 11.6 Å². The molecule has 1 aromatic heterocycles. The van der Waals surface area contributed by atoms with Crippen LogP contribution >= 0.6 is 0 Å².